The van der Waals surface area contributed by atoms with E-state index in [1.807, 2.05) is 11.8 Å². The van der Waals surface area contributed by atoms with Crippen LogP contribution >= 0.6 is 0 Å². The predicted molar refractivity (Wildman–Crippen MR) is 59.3 cm³/mol. The minimum Gasteiger partial charge on any atom is -0.480 e. The molecule has 0 spiro atoms. The lowest BCUT2D eigenvalue weighted by molar-refractivity contribution is -0.147. The van der Waals surface area contributed by atoms with E-state index in [-0.39, 0.29) is 18.6 Å². The van der Waals surface area contributed by atoms with Gasteiger partial charge in [-0.1, -0.05) is 6.92 Å². The van der Waals surface area contributed by atoms with Crippen LogP contribution in [0.2, 0.25) is 0 Å². The van der Waals surface area contributed by atoms with E-state index in [4.69, 9.17) is 14.9 Å². The van der Waals surface area contributed by atoms with Gasteiger partial charge in [-0.25, -0.2) is 0 Å². The number of aliphatic hydroxyl groups excluding tert-OH is 1. The average molecular weight is 231 g/mol. The molecular formula is C11H21NO4. The van der Waals surface area contributed by atoms with E-state index in [2.05, 4.69) is 0 Å². The Morgan fingerprint density at radius 3 is 2.88 bits per heavy atom. The Labute approximate surface area is 96.0 Å². The number of rotatable bonds is 6. The number of likely N-dealkylation sites (tertiary alicyclic amines) is 1. The van der Waals surface area contributed by atoms with Crippen molar-refractivity contribution in [3.63, 3.8) is 0 Å². The Hall–Kier alpha value is -0.650. The van der Waals surface area contributed by atoms with E-state index in [0.29, 0.717) is 19.8 Å². The van der Waals surface area contributed by atoms with Gasteiger partial charge >= 0.3 is 5.97 Å². The van der Waals surface area contributed by atoms with Gasteiger partial charge in [0.25, 0.3) is 0 Å². The molecule has 0 saturated carbocycles. The molecule has 0 aromatic carbocycles. The van der Waals surface area contributed by atoms with Crippen molar-refractivity contribution >= 4 is 5.97 Å². The molecule has 1 fully saturated rings. The number of carboxylic acids is 1. The second-order valence-corrected chi connectivity index (χ2v) is 4.27. The van der Waals surface area contributed by atoms with Gasteiger partial charge in [-0.2, -0.15) is 0 Å². The highest BCUT2D eigenvalue weighted by atomic mass is 16.5. The quantitative estimate of drug-likeness (QED) is 0.638. The summed E-state index contributed by atoms with van der Waals surface area (Å²) in [7, 11) is 0. The third-order valence-electron chi connectivity index (χ3n) is 3.05. The van der Waals surface area contributed by atoms with Gasteiger partial charge in [0.1, 0.15) is 6.04 Å². The van der Waals surface area contributed by atoms with Crippen LogP contribution in [-0.2, 0) is 9.53 Å². The van der Waals surface area contributed by atoms with Crippen LogP contribution in [0.5, 0.6) is 0 Å². The highest BCUT2D eigenvalue weighted by Crippen LogP contribution is 2.23. The number of ether oxygens (including phenoxy) is 1. The van der Waals surface area contributed by atoms with E-state index in [1.54, 1.807) is 0 Å². The summed E-state index contributed by atoms with van der Waals surface area (Å²) in [5, 5.41) is 17.7. The molecule has 0 aliphatic carbocycles. The molecular weight excluding hydrogens is 210 g/mol. The summed E-state index contributed by atoms with van der Waals surface area (Å²) in [5.41, 5.74) is 0. The highest BCUT2D eigenvalue weighted by molar-refractivity contribution is 5.74. The number of aliphatic hydroxyl groups is 1. The van der Waals surface area contributed by atoms with E-state index in [0.717, 1.165) is 19.4 Å². The van der Waals surface area contributed by atoms with Crippen molar-refractivity contribution < 1.29 is 19.7 Å². The van der Waals surface area contributed by atoms with Crippen LogP contribution in [0.3, 0.4) is 0 Å². The fourth-order valence-corrected chi connectivity index (χ4v) is 2.27. The SMILES string of the molecule is CC1CCCN(CCOCCO)C1C(=O)O. The Balaban J connectivity index is 2.39. The molecule has 1 heterocycles. The first kappa shape index (κ1) is 13.4. The van der Waals surface area contributed by atoms with Crippen molar-refractivity contribution in [3.8, 4) is 0 Å². The molecule has 16 heavy (non-hydrogen) atoms. The van der Waals surface area contributed by atoms with Gasteiger partial charge in [-0.05, 0) is 25.3 Å². The van der Waals surface area contributed by atoms with Gasteiger partial charge in [-0.15, -0.1) is 0 Å². The van der Waals surface area contributed by atoms with Crippen LogP contribution in [0, 0.1) is 5.92 Å². The molecule has 0 radical (unpaired) electrons. The van der Waals surface area contributed by atoms with Gasteiger partial charge < -0.3 is 14.9 Å². The van der Waals surface area contributed by atoms with E-state index in [1.165, 1.54) is 0 Å². The zero-order chi connectivity index (χ0) is 12.0. The molecule has 94 valence electrons. The van der Waals surface area contributed by atoms with E-state index < -0.39 is 5.97 Å². The van der Waals surface area contributed by atoms with Gasteiger partial charge in [0.2, 0.25) is 0 Å². The number of hydrogen-bond donors (Lipinski definition) is 2. The summed E-state index contributed by atoms with van der Waals surface area (Å²) in [4.78, 5) is 13.1. The zero-order valence-electron chi connectivity index (χ0n) is 9.76. The van der Waals surface area contributed by atoms with Crippen molar-refractivity contribution in [3.05, 3.63) is 0 Å². The van der Waals surface area contributed by atoms with Crippen LogP contribution in [0.1, 0.15) is 19.8 Å². The van der Waals surface area contributed by atoms with Crippen LogP contribution in [0.4, 0.5) is 0 Å². The summed E-state index contributed by atoms with van der Waals surface area (Å²) in [6.45, 7) is 4.25. The number of aliphatic carboxylic acids is 1. The molecule has 1 rings (SSSR count). The molecule has 2 unspecified atom stereocenters. The second-order valence-electron chi connectivity index (χ2n) is 4.27. The second kappa shape index (κ2) is 6.83. The van der Waals surface area contributed by atoms with Crippen LogP contribution in [-0.4, -0.2) is 60.0 Å². The molecule has 5 nitrogen and oxygen atoms in total. The predicted octanol–water partition coefficient (Wildman–Crippen LogP) is 0.180. The molecule has 1 aliphatic heterocycles. The smallest absolute Gasteiger partial charge is 0.321 e. The monoisotopic (exact) mass is 231 g/mol. The molecule has 0 aromatic heterocycles. The summed E-state index contributed by atoms with van der Waals surface area (Å²) in [6.07, 6.45) is 2.02. The highest BCUT2D eigenvalue weighted by Gasteiger charge is 2.33. The van der Waals surface area contributed by atoms with Crippen LogP contribution in [0.25, 0.3) is 0 Å². The zero-order valence-corrected chi connectivity index (χ0v) is 9.76. The van der Waals surface area contributed by atoms with Gasteiger partial charge in [0.05, 0.1) is 19.8 Å². The minimum atomic E-state index is -0.741. The first-order chi connectivity index (χ1) is 7.66. The number of piperidine rings is 1. The van der Waals surface area contributed by atoms with Crippen LogP contribution < -0.4 is 0 Å². The number of carbonyl (C=O) groups is 1. The first-order valence-corrected chi connectivity index (χ1v) is 5.82. The maximum absolute atomic E-state index is 11.1. The maximum Gasteiger partial charge on any atom is 0.321 e. The lowest BCUT2D eigenvalue weighted by atomic mass is 9.91. The fourth-order valence-electron chi connectivity index (χ4n) is 2.27. The third kappa shape index (κ3) is 3.73. The Morgan fingerprint density at radius 1 is 1.50 bits per heavy atom. The maximum atomic E-state index is 11.1. The standard InChI is InChI=1S/C11H21NO4/c1-9-3-2-4-12(10(9)11(14)15)5-7-16-8-6-13/h9-10,13H,2-8H2,1H3,(H,14,15). The lowest BCUT2D eigenvalue weighted by Crippen LogP contribution is -2.50. The summed E-state index contributed by atoms with van der Waals surface area (Å²) in [6, 6.07) is -0.383. The lowest BCUT2D eigenvalue weighted by Gasteiger charge is -2.37. The molecule has 1 saturated heterocycles. The Bertz CT molecular complexity index is 222. The molecule has 2 N–H and O–H groups in total. The van der Waals surface area contributed by atoms with E-state index in [9.17, 15) is 4.79 Å². The number of nitrogens with zero attached hydrogens (tertiary/aromatic N) is 1. The number of hydrogen-bond acceptors (Lipinski definition) is 4. The van der Waals surface area contributed by atoms with Crippen molar-refractivity contribution in [1.82, 2.24) is 4.90 Å². The molecule has 0 bridgehead atoms. The van der Waals surface area contributed by atoms with Gasteiger partial charge in [-0.3, -0.25) is 9.69 Å². The van der Waals surface area contributed by atoms with E-state index >= 15 is 0 Å². The molecule has 5 heteroatoms. The summed E-state index contributed by atoms with van der Waals surface area (Å²) >= 11 is 0. The van der Waals surface area contributed by atoms with Crippen molar-refractivity contribution in [1.29, 1.82) is 0 Å². The van der Waals surface area contributed by atoms with Gasteiger partial charge in [0, 0.05) is 6.54 Å². The average Bonchev–Trinajstić information content (AvgIpc) is 2.24. The number of carboxylic acid groups (broad SMARTS) is 1. The third-order valence-corrected chi connectivity index (χ3v) is 3.05. The normalized spacial score (nSPS) is 26.9. The molecule has 0 aromatic rings. The summed E-state index contributed by atoms with van der Waals surface area (Å²) in [5.74, 6) is -0.543. The van der Waals surface area contributed by atoms with Gasteiger partial charge in [0.15, 0.2) is 0 Å². The molecule has 0 amide bonds. The fraction of sp³-hybridized carbons (Fsp3) is 0.909. The van der Waals surface area contributed by atoms with Crippen molar-refractivity contribution in [2.24, 2.45) is 5.92 Å². The topological polar surface area (TPSA) is 70.0 Å². The largest absolute Gasteiger partial charge is 0.480 e. The molecule has 1 aliphatic rings. The minimum absolute atomic E-state index is 0.0127. The first-order valence-electron chi connectivity index (χ1n) is 5.82. The van der Waals surface area contributed by atoms with Crippen molar-refractivity contribution in [2.75, 3.05) is 32.9 Å². The Morgan fingerprint density at radius 2 is 2.25 bits per heavy atom. The van der Waals surface area contributed by atoms with Crippen molar-refractivity contribution in [2.45, 2.75) is 25.8 Å². The van der Waals surface area contributed by atoms with Crippen LogP contribution in [0.15, 0.2) is 0 Å². The summed E-state index contributed by atoms with van der Waals surface area (Å²) < 4.78 is 5.16. The molecule has 2 atom stereocenters. The Kier molecular flexibility index (Phi) is 5.73.